The van der Waals surface area contributed by atoms with Gasteiger partial charge in [0.15, 0.2) is 0 Å². The molecule has 0 aliphatic carbocycles. The molecule has 15 heavy (non-hydrogen) atoms. The Balaban J connectivity index is 2.88. The third-order valence-corrected chi connectivity index (χ3v) is 2.43. The summed E-state index contributed by atoms with van der Waals surface area (Å²) < 4.78 is 13.6. The molecule has 0 aliphatic heterocycles. The summed E-state index contributed by atoms with van der Waals surface area (Å²) in [7, 11) is 0. The van der Waals surface area contributed by atoms with Crippen LogP contribution in [0.2, 0.25) is 5.02 Å². The molecular formula is C11H16ClFN2. The first-order valence-corrected chi connectivity index (χ1v) is 5.26. The second-order valence-corrected chi connectivity index (χ2v) is 4.29. The molecule has 0 fully saturated rings. The van der Waals surface area contributed by atoms with Crippen LogP contribution in [0.1, 0.15) is 19.4 Å². The molecular weight excluding hydrogens is 215 g/mol. The Bertz CT molecular complexity index is 334. The summed E-state index contributed by atoms with van der Waals surface area (Å²) in [6.07, 6.45) is 0. The van der Waals surface area contributed by atoms with E-state index < -0.39 is 5.67 Å². The standard InChI is InChI=1S/C11H16ClFN2/c1-11(2,13)8-3-4-10(9(12)7-8)15-6-5-14/h3-4,7,15H,5-6,14H2,1-2H3. The van der Waals surface area contributed by atoms with Gasteiger partial charge in [0, 0.05) is 13.1 Å². The van der Waals surface area contributed by atoms with Crippen molar-refractivity contribution in [2.75, 3.05) is 18.4 Å². The highest BCUT2D eigenvalue weighted by Gasteiger charge is 2.19. The molecule has 0 bridgehead atoms. The molecule has 3 N–H and O–H groups in total. The van der Waals surface area contributed by atoms with Gasteiger partial charge < -0.3 is 11.1 Å². The van der Waals surface area contributed by atoms with Crippen molar-refractivity contribution in [3.05, 3.63) is 28.8 Å². The van der Waals surface area contributed by atoms with E-state index in [0.29, 0.717) is 23.7 Å². The average molecular weight is 231 g/mol. The maximum absolute atomic E-state index is 13.6. The van der Waals surface area contributed by atoms with Gasteiger partial charge in [-0.25, -0.2) is 4.39 Å². The van der Waals surface area contributed by atoms with Gasteiger partial charge >= 0.3 is 0 Å². The fraction of sp³-hybridized carbons (Fsp3) is 0.455. The van der Waals surface area contributed by atoms with E-state index in [-0.39, 0.29) is 0 Å². The predicted molar refractivity (Wildman–Crippen MR) is 63.1 cm³/mol. The van der Waals surface area contributed by atoms with Crippen molar-refractivity contribution in [1.82, 2.24) is 0 Å². The maximum Gasteiger partial charge on any atom is 0.130 e. The molecule has 0 spiro atoms. The zero-order valence-electron chi connectivity index (χ0n) is 8.98. The minimum atomic E-state index is -1.37. The van der Waals surface area contributed by atoms with Crippen molar-refractivity contribution < 1.29 is 4.39 Å². The number of rotatable bonds is 4. The first-order chi connectivity index (χ1) is 6.95. The van der Waals surface area contributed by atoms with Gasteiger partial charge in [0.1, 0.15) is 5.67 Å². The highest BCUT2D eigenvalue weighted by atomic mass is 35.5. The van der Waals surface area contributed by atoms with E-state index in [1.54, 1.807) is 18.2 Å². The third-order valence-electron chi connectivity index (χ3n) is 2.12. The molecule has 84 valence electrons. The quantitative estimate of drug-likeness (QED) is 0.835. The lowest BCUT2D eigenvalue weighted by Gasteiger charge is -2.16. The van der Waals surface area contributed by atoms with Crippen LogP contribution in [0.25, 0.3) is 0 Å². The lowest BCUT2D eigenvalue weighted by atomic mass is 10.00. The Morgan fingerprint density at radius 1 is 1.47 bits per heavy atom. The highest BCUT2D eigenvalue weighted by molar-refractivity contribution is 6.33. The van der Waals surface area contributed by atoms with Crippen LogP contribution in [0.3, 0.4) is 0 Å². The van der Waals surface area contributed by atoms with Crippen molar-refractivity contribution >= 4 is 17.3 Å². The summed E-state index contributed by atoms with van der Waals surface area (Å²) in [4.78, 5) is 0. The van der Waals surface area contributed by atoms with Crippen molar-refractivity contribution in [3.8, 4) is 0 Å². The summed E-state index contributed by atoms with van der Waals surface area (Å²) in [5.74, 6) is 0. The Hall–Kier alpha value is -0.800. The van der Waals surface area contributed by atoms with Crippen molar-refractivity contribution in [2.45, 2.75) is 19.5 Å². The molecule has 4 heteroatoms. The van der Waals surface area contributed by atoms with Crippen molar-refractivity contribution in [2.24, 2.45) is 5.73 Å². The average Bonchev–Trinajstić information content (AvgIpc) is 2.14. The molecule has 0 amide bonds. The van der Waals surface area contributed by atoms with Gasteiger partial charge in [0.2, 0.25) is 0 Å². The molecule has 0 heterocycles. The molecule has 0 aliphatic rings. The highest BCUT2D eigenvalue weighted by Crippen LogP contribution is 2.30. The molecule has 0 saturated carbocycles. The van der Waals surface area contributed by atoms with Gasteiger partial charge in [-0.3, -0.25) is 0 Å². The molecule has 1 aromatic rings. The van der Waals surface area contributed by atoms with Crippen LogP contribution < -0.4 is 11.1 Å². The monoisotopic (exact) mass is 230 g/mol. The number of hydrogen-bond donors (Lipinski definition) is 2. The van der Waals surface area contributed by atoms with Gasteiger partial charge in [-0.2, -0.15) is 0 Å². The first-order valence-electron chi connectivity index (χ1n) is 4.88. The molecule has 0 aromatic heterocycles. The molecule has 2 nitrogen and oxygen atoms in total. The fourth-order valence-electron chi connectivity index (χ4n) is 1.24. The zero-order chi connectivity index (χ0) is 11.5. The van der Waals surface area contributed by atoms with E-state index in [1.807, 2.05) is 0 Å². The second kappa shape index (κ2) is 4.81. The minimum Gasteiger partial charge on any atom is -0.383 e. The Labute approximate surface area is 94.6 Å². The summed E-state index contributed by atoms with van der Waals surface area (Å²) >= 11 is 6.00. The topological polar surface area (TPSA) is 38.0 Å². The fourth-order valence-corrected chi connectivity index (χ4v) is 1.48. The van der Waals surface area contributed by atoms with Crippen LogP contribution >= 0.6 is 11.6 Å². The minimum absolute atomic E-state index is 0.520. The Kier molecular flexibility index (Phi) is 3.94. The van der Waals surface area contributed by atoms with Gasteiger partial charge in [0.05, 0.1) is 10.7 Å². The van der Waals surface area contributed by atoms with E-state index in [2.05, 4.69) is 5.32 Å². The SMILES string of the molecule is CC(C)(F)c1ccc(NCCN)c(Cl)c1. The number of anilines is 1. The summed E-state index contributed by atoms with van der Waals surface area (Å²) in [6, 6.07) is 5.14. The number of halogens is 2. The lowest BCUT2D eigenvalue weighted by Crippen LogP contribution is -2.14. The van der Waals surface area contributed by atoms with Crippen molar-refractivity contribution in [3.63, 3.8) is 0 Å². The van der Waals surface area contributed by atoms with Gasteiger partial charge in [-0.1, -0.05) is 17.7 Å². The number of nitrogens with one attached hydrogen (secondary N) is 1. The van der Waals surface area contributed by atoms with Gasteiger partial charge in [-0.15, -0.1) is 0 Å². The van der Waals surface area contributed by atoms with Crippen LogP contribution in [0.4, 0.5) is 10.1 Å². The molecule has 0 radical (unpaired) electrons. The normalized spacial score (nSPS) is 11.5. The third kappa shape index (κ3) is 3.36. The van der Waals surface area contributed by atoms with E-state index in [4.69, 9.17) is 17.3 Å². The van der Waals surface area contributed by atoms with Crippen LogP contribution in [0.15, 0.2) is 18.2 Å². The molecule has 1 aromatic carbocycles. The smallest absolute Gasteiger partial charge is 0.130 e. The summed E-state index contributed by atoms with van der Waals surface area (Å²) in [5, 5.41) is 3.58. The Morgan fingerprint density at radius 2 is 2.13 bits per heavy atom. The lowest BCUT2D eigenvalue weighted by molar-refractivity contribution is 0.221. The van der Waals surface area contributed by atoms with Crippen LogP contribution in [-0.4, -0.2) is 13.1 Å². The van der Waals surface area contributed by atoms with Gasteiger partial charge in [0.25, 0.3) is 0 Å². The molecule has 0 saturated heterocycles. The van der Waals surface area contributed by atoms with Crippen molar-refractivity contribution in [1.29, 1.82) is 0 Å². The van der Waals surface area contributed by atoms with E-state index >= 15 is 0 Å². The zero-order valence-corrected chi connectivity index (χ0v) is 9.74. The summed E-state index contributed by atoms with van der Waals surface area (Å²) in [6.45, 7) is 4.20. The predicted octanol–water partition coefficient (Wildman–Crippen LogP) is 2.92. The number of alkyl halides is 1. The van der Waals surface area contributed by atoms with Gasteiger partial charge in [-0.05, 0) is 31.5 Å². The van der Waals surface area contributed by atoms with Crippen LogP contribution in [0, 0.1) is 0 Å². The number of benzene rings is 1. The largest absolute Gasteiger partial charge is 0.383 e. The first kappa shape index (κ1) is 12.3. The van der Waals surface area contributed by atoms with E-state index in [9.17, 15) is 4.39 Å². The molecule has 1 rings (SSSR count). The number of hydrogen-bond acceptors (Lipinski definition) is 2. The summed E-state index contributed by atoms with van der Waals surface area (Å²) in [5.41, 5.74) is 5.36. The van der Waals surface area contributed by atoms with Crippen LogP contribution in [0.5, 0.6) is 0 Å². The van der Waals surface area contributed by atoms with E-state index in [0.717, 1.165) is 5.69 Å². The molecule has 0 atom stereocenters. The number of nitrogens with two attached hydrogens (primary N) is 1. The second-order valence-electron chi connectivity index (χ2n) is 3.88. The Morgan fingerprint density at radius 3 is 2.60 bits per heavy atom. The molecule has 0 unspecified atom stereocenters. The van der Waals surface area contributed by atoms with Crippen LogP contribution in [-0.2, 0) is 5.67 Å². The van der Waals surface area contributed by atoms with E-state index in [1.165, 1.54) is 13.8 Å². The maximum atomic E-state index is 13.6.